The molecule has 1 aromatic carbocycles. The van der Waals surface area contributed by atoms with Gasteiger partial charge in [-0.05, 0) is 24.1 Å². The van der Waals surface area contributed by atoms with Gasteiger partial charge in [-0.25, -0.2) is 9.37 Å². The van der Waals surface area contributed by atoms with Gasteiger partial charge in [0.05, 0.1) is 7.11 Å². The molecule has 0 aliphatic rings. The Balaban J connectivity index is 1.88. The molecule has 94 valence electrons. The van der Waals surface area contributed by atoms with E-state index in [1.54, 1.807) is 25.4 Å². The molecule has 2 aromatic rings. The van der Waals surface area contributed by atoms with E-state index in [4.69, 9.17) is 4.74 Å². The third-order valence-electron chi connectivity index (χ3n) is 2.42. The van der Waals surface area contributed by atoms with Gasteiger partial charge in [0, 0.05) is 18.8 Å². The molecule has 0 fully saturated rings. The number of ether oxygens (including phenoxy) is 1. The molecule has 0 bridgehead atoms. The van der Waals surface area contributed by atoms with Crippen LogP contribution in [-0.2, 0) is 6.42 Å². The highest BCUT2D eigenvalue weighted by molar-refractivity contribution is 5.28. The van der Waals surface area contributed by atoms with Crippen LogP contribution >= 0.6 is 0 Å². The van der Waals surface area contributed by atoms with Crippen LogP contribution in [-0.4, -0.2) is 23.6 Å². The van der Waals surface area contributed by atoms with Gasteiger partial charge >= 0.3 is 0 Å². The van der Waals surface area contributed by atoms with Crippen molar-refractivity contribution in [3.8, 4) is 5.88 Å². The lowest BCUT2D eigenvalue weighted by atomic mass is 10.1. The van der Waals surface area contributed by atoms with Crippen LogP contribution in [0.5, 0.6) is 5.88 Å². The molecule has 1 N–H and O–H groups in total. The summed E-state index contributed by atoms with van der Waals surface area (Å²) in [6, 6.07) is 8.22. The zero-order chi connectivity index (χ0) is 12.8. The van der Waals surface area contributed by atoms with Crippen molar-refractivity contribution in [1.82, 2.24) is 9.97 Å². The third kappa shape index (κ3) is 3.41. The van der Waals surface area contributed by atoms with Gasteiger partial charge in [-0.1, -0.05) is 12.1 Å². The standard InChI is InChI=1S/C13H14FN3O/c1-18-12-6-8-16-13(17-12)15-7-5-10-3-2-4-11(14)9-10/h2-4,6,8-9H,5,7H2,1H3,(H,15,16,17). The molecule has 0 spiro atoms. The number of hydrogen-bond donors (Lipinski definition) is 1. The van der Waals surface area contributed by atoms with Crippen LogP contribution in [0.2, 0.25) is 0 Å². The highest BCUT2D eigenvalue weighted by Gasteiger charge is 1.99. The summed E-state index contributed by atoms with van der Waals surface area (Å²) in [7, 11) is 1.55. The van der Waals surface area contributed by atoms with E-state index in [9.17, 15) is 4.39 Å². The van der Waals surface area contributed by atoms with Crippen molar-refractivity contribution in [3.05, 3.63) is 47.9 Å². The second-order valence-corrected chi connectivity index (χ2v) is 3.73. The first-order valence-electron chi connectivity index (χ1n) is 5.63. The Bertz CT molecular complexity index is 519. The van der Waals surface area contributed by atoms with Gasteiger partial charge in [0.2, 0.25) is 11.8 Å². The summed E-state index contributed by atoms with van der Waals surface area (Å²) in [5.74, 6) is 0.800. The molecule has 1 heterocycles. The average molecular weight is 247 g/mol. The zero-order valence-electron chi connectivity index (χ0n) is 10.1. The Kier molecular flexibility index (Phi) is 4.06. The van der Waals surface area contributed by atoms with Gasteiger partial charge in [0.1, 0.15) is 5.82 Å². The molecular weight excluding hydrogens is 233 g/mol. The highest BCUT2D eigenvalue weighted by atomic mass is 19.1. The smallest absolute Gasteiger partial charge is 0.225 e. The highest BCUT2D eigenvalue weighted by Crippen LogP contribution is 2.08. The molecule has 2 rings (SSSR count). The molecule has 5 heteroatoms. The summed E-state index contributed by atoms with van der Waals surface area (Å²) in [5, 5.41) is 3.06. The van der Waals surface area contributed by atoms with Crippen LogP contribution in [0.25, 0.3) is 0 Å². The second kappa shape index (κ2) is 5.95. The minimum Gasteiger partial charge on any atom is -0.481 e. The Morgan fingerprint density at radius 2 is 2.22 bits per heavy atom. The summed E-state index contributed by atoms with van der Waals surface area (Å²) < 4.78 is 17.9. The van der Waals surface area contributed by atoms with Crippen LogP contribution in [0.3, 0.4) is 0 Å². The van der Waals surface area contributed by atoms with Crippen LogP contribution in [0.4, 0.5) is 10.3 Å². The molecule has 0 saturated heterocycles. The van der Waals surface area contributed by atoms with Gasteiger partial charge in [0.15, 0.2) is 0 Å². The van der Waals surface area contributed by atoms with E-state index in [1.165, 1.54) is 12.1 Å². The minimum atomic E-state index is -0.217. The fraction of sp³-hybridized carbons (Fsp3) is 0.231. The lowest BCUT2D eigenvalue weighted by Crippen LogP contribution is -2.08. The minimum absolute atomic E-state index is 0.217. The maximum atomic E-state index is 13.0. The monoisotopic (exact) mass is 247 g/mol. The number of methoxy groups -OCH3 is 1. The summed E-state index contributed by atoms with van der Waals surface area (Å²) in [6.45, 7) is 0.636. The first-order valence-corrected chi connectivity index (χ1v) is 5.63. The van der Waals surface area contributed by atoms with Crippen molar-refractivity contribution < 1.29 is 9.13 Å². The maximum Gasteiger partial charge on any atom is 0.225 e. The molecule has 18 heavy (non-hydrogen) atoms. The molecule has 0 saturated carbocycles. The molecule has 0 radical (unpaired) electrons. The summed E-state index contributed by atoms with van der Waals surface area (Å²) in [6.07, 6.45) is 2.33. The van der Waals surface area contributed by atoms with Gasteiger partial charge in [0.25, 0.3) is 0 Å². The predicted molar refractivity (Wildman–Crippen MR) is 67.2 cm³/mol. The Labute approximate surface area is 105 Å². The molecular formula is C13H14FN3O. The average Bonchev–Trinajstić information content (AvgIpc) is 2.39. The van der Waals surface area contributed by atoms with Crippen molar-refractivity contribution in [1.29, 1.82) is 0 Å². The van der Waals surface area contributed by atoms with Crippen molar-refractivity contribution in [2.75, 3.05) is 19.0 Å². The van der Waals surface area contributed by atoms with Gasteiger partial charge in [-0.3, -0.25) is 0 Å². The Morgan fingerprint density at radius 1 is 1.33 bits per heavy atom. The Hall–Kier alpha value is -2.17. The third-order valence-corrected chi connectivity index (χ3v) is 2.42. The topological polar surface area (TPSA) is 47.0 Å². The summed E-state index contributed by atoms with van der Waals surface area (Å²) >= 11 is 0. The number of benzene rings is 1. The molecule has 4 nitrogen and oxygen atoms in total. The van der Waals surface area contributed by atoms with E-state index in [-0.39, 0.29) is 5.82 Å². The van der Waals surface area contributed by atoms with E-state index >= 15 is 0 Å². The van der Waals surface area contributed by atoms with Crippen LogP contribution in [0, 0.1) is 5.82 Å². The number of hydrogen-bond acceptors (Lipinski definition) is 4. The SMILES string of the molecule is COc1ccnc(NCCc2cccc(F)c2)n1. The lowest BCUT2D eigenvalue weighted by molar-refractivity contribution is 0.397. The number of nitrogens with one attached hydrogen (secondary N) is 1. The van der Waals surface area contributed by atoms with Crippen LogP contribution in [0.1, 0.15) is 5.56 Å². The lowest BCUT2D eigenvalue weighted by Gasteiger charge is -2.06. The number of nitrogens with zero attached hydrogens (tertiary/aromatic N) is 2. The van der Waals surface area contributed by atoms with Crippen molar-refractivity contribution in [3.63, 3.8) is 0 Å². The summed E-state index contributed by atoms with van der Waals surface area (Å²) in [4.78, 5) is 8.18. The maximum absolute atomic E-state index is 13.0. The number of rotatable bonds is 5. The largest absolute Gasteiger partial charge is 0.481 e. The van der Waals surface area contributed by atoms with Gasteiger partial charge in [-0.2, -0.15) is 4.98 Å². The zero-order valence-corrected chi connectivity index (χ0v) is 10.1. The molecule has 0 atom stereocenters. The number of anilines is 1. The first kappa shape index (κ1) is 12.3. The normalized spacial score (nSPS) is 10.1. The van der Waals surface area contributed by atoms with E-state index < -0.39 is 0 Å². The van der Waals surface area contributed by atoms with E-state index in [1.807, 2.05) is 6.07 Å². The number of halogens is 1. The molecule has 0 amide bonds. The first-order chi connectivity index (χ1) is 8.78. The van der Waals surface area contributed by atoms with Crippen molar-refractivity contribution in [2.24, 2.45) is 0 Å². The quantitative estimate of drug-likeness (QED) is 0.880. The second-order valence-electron chi connectivity index (χ2n) is 3.73. The summed E-state index contributed by atoms with van der Waals surface area (Å²) in [5.41, 5.74) is 0.936. The van der Waals surface area contributed by atoms with Crippen LogP contribution in [0.15, 0.2) is 36.5 Å². The van der Waals surface area contributed by atoms with E-state index in [2.05, 4.69) is 15.3 Å². The van der Waals surface area contributed by atoms with Gasteiger partial charge in [-0.15, -0.1) is 0 Å². The fourth-order valence-corrected chi connectivity index (χ4v) is 1.55. The van der Waals surface area contributed by atoms with E-state index in [0.29, 0.717) is 24.8 Å². The fourth-order valence-electron chi connectivity index (χ4n) is 1.55. The van der Waals surface area contributed by atoms with Gasteiger partial charge < -0.3 is 10.1 Å². The predicted octanol–water partition coefficient (Wildman–Crippen LogP) is 2.28. The van der Waals surface area contributed by atoms with Crippen molar-refractivity contribution in [2.45, 2.75) is 6.42 Å². The molecule has 0 aliphatic carbocycles. The molecule has 0 aliphatic heterocycles. The van der Waals surface area contributed by atoms with E-state index in [0.717, 1.165) is 5.56 Å². The molecule has 1 aromatic heterocycles. The molecule has 0 unspecified atom stereocenters. The van der Waals surface area contributed by atoms with Crippen LogP contribution < -0.4 is 10.1 Å². The van der Waals surface area contributed by atoms with Crippen molar-refractivity contribution >= 4 is 5.95 Å². The Morgan fingerprint density at radius 3 is 3.00 bits per heavy atom. The number of aromatic nitrogens is 2.